The molecule has 0 amide bonds. The summed E-state index contributed by atoms with van der Waals surface area (Å²) in [5.74, 6) is -0.871. The Morgan fingerprint density at radius 2 is 1.26 bits per heavy atom. The minimum atomic E-state index is -1.00. The summed E-state index contributed by atoms with van der Waals surface area (Å²) >= 11 is 0. The molecule has 0 aliphatic rings. The molecule has 0 fully saturated rings. The monoisotopic (exact) mass is 384 g/mol. The molecule has 0 aromatic heterocycles. The van der Waals surface area contributed by atoms with E-state index < -0.39 is 12.1 Å². The van der Waals surface area contributed by atoms with E-state index in [1.54, 1.807) is 0 Å². The first-order chi connectivity index (χ1) is 13.0. The lowest BCUT2D eigenvalue weighted by atomic mass is 10.0. The van der Waals surface area contributed by atoms with Gasteiger partial charge in [-0.05, 0) is 13.3 Å². The first-order valence-corrected chi connectivity index (χ1v) is 10.6. The van der Waals surface area contributed by atoms with Crippen LogP contribution in [0.4, 0.5) is 0 Å². The second-order valence-electron chi connectivity index (χ2n) is 7.35. The SMILES string of the molecule is C=C(C)C(=O)OCC(O)COC(=O)CCCCCCCCCCCCCC. The second kappa shape index (κ2) is 18.0. The predicted molar refractivity (Wildman–Crippen MR) is 108 cm³/mol. The summed E-state index contributed by atoms with van der Waals surface area (Å²) in [6.45, 7) is 6.87. The maximum atomic E-state index is 11.6. The zero-order valence-electron chi connectivity index (χ0n) is 17.5. The number of hydrogen-bond donors (Lipinski definition) is 1. The molecule has 1 N–H and O–H groups in total. The van der Waals surface area contributed by atoms with E-state index in [-0.39, 0.29) is 24.8 Å². The Labute approximate surface area is 165 Å². The number of carbonyl (C=O) groups is 2. The van der Waals surface area contributed by atoms with Gasteiger partial charge in [-0.3, -0.25) is 4.79 Å². The second-order valence-corrected chi connectivity index (χ2v) is 7.35. The zero-order valence-corrected chi connectivity index (χ0v) is 17.5. The molecule has 5 nitrogen and oxygen atoms in total. The van der Waals surface area contributed by atoms with E-state index in [2.05, 4.69) is 13.5 Å². The summed E-state index contributed by atoms with van der Waals surface area (Å²) < 4.78 is 9.79. The Morgan fingerprint density at radius 1 is 0.815 bits per heavy atom. The van der Waals surface area contributed by atoms with E-state index in [0.717, 1.165) is 19.3 Å². The smallest absolute Gasteiger partial charge is 0.333 e. The molecule has 0 spiro atoms. The van der Waals surface area contributed by atoms with Gasteiger partial charge in [-0.1, -0.05) is 84.1 Å². The Bertz CT molecular complexity index is 406. The van der Waals surface area contributed by atoms with Gasteiger partial charge in [0, 0.05) is 12.0 Å². The van der Waals surface area contributed by atoms with Gasteiger partial charge in [-0.2, -0.15) is 0 Å². The highest BCUT2D eigenvalue weighted by Gasteiger charge is 2.12. The van der Waals surface area contributed by atoms with Gasteiger partial charge in [0.05, 0.1) is 0 Å². The Kier molecular flexibility index (Phi) is 17.1. The zero-order chi connectivity index (χ0) is 20.3. The standard InChI is InChI=1S/C22H40O5/c1-4-5-6-7-8-9-10-11-12-13-14-15-16-21(24)26-17-20(23)18-27-22(25)19(2)3/h20,23H,2,4-18H2,1,3H3. The van der Waals surface area contributed by atoms with Gasteiger partial charge in [0.1, 0.15) is 19.3 Å². The number of hydrogen-bond acceptors (Lipinski definition) is 5. The van der Waals surface area contributed by atoms with E-state index in [0.29, 0.717) is 6.42 Å². The topological polar surface area (TPSA) is 72.8 Å². The largest absolute Gasteiger partial charge is 0.463 e. The average molecular weight is 385 g/mol. The number of ether oxygens (including phenoxy) is 2. The van der Waals surface area contributed by atoms with Gasteiger partial charge in [-0.15, -0.1) is 0 Å². The fourth-order valence-electron chi connectivity index (χ4n) is 2.71. The molecule has 0 saturated carbocycles. The molecule has 0 aliphatic heterocycles. The van der Waals surface area contributed by atoms with Crippen molar-refractivity contribution in [2.45, 2.75) is 103 Å². The lowest BCUT2D eigenvalue weighted by molar-refractivity contribution is -0.150. The van der Waals surface area contributed by atoms with Crippen LogP contribution < -0.4 is 0 Å². The van der Waals surface area contributed by atoms with Gasteiger partial charge in [0.25, 0.3) is 0 Å². The van der Waals surface area contributed by atoms with Crippen molar-refractivity contribution in [1.29, 1.82) is 0 Å². The van der Waals surface area contributed by atoms with E-state index in [1.165, 1.54) is 64.7 Å². The molecule has 1 atom stereocenters. The highest BCUT2D eigenvalue weighted by atomic mass is 16.6. The average Bonchev–Trinajstić information content (AvgIpc) is 2.65. The fourth-order valence-corrected chi connectivity index (χ4v) is 2.71. The summed E-state index contributed by atoms with van der Waals surface area (Å²) in [5.41, 5.74) is 0.270. The van der Waals surface area contributed by atoms with Crippen LogP contribution in [0.25, 0.3) is 0 Å². The maximum absolute atomic E-state index is 11.6. The van der Waals surface area contributed by atoms with Gasteiger partial charge >= 0.3 is 11.9 Å². The predicted octanol–water partition coefficient (Wildman–Crippen LogP) is 5.10. The maximum Gasteiger partial charge on any atom is 0.333 e. The van der Waals surface area contributed by atoms with E-state index in [1.807, 2.05) is 0 Å². The Morgan fingerprint density at radius 3 is 1.74 bits per heavy atom. The third-order valence-corrected chi connectivity index (χ3v) is 4.43. The number of aliphatic hydroxyl groups excluding tert-OH is 1. The van der Waals surface area contributed by atoms with Crippen molar-refractivity contribution in [1.82, 2.24) is 0 Å². The van der Waals surface area contributed by atoms with Crippen molar-refractivity contribution < 1.29 is 24.2 Å². The highest BCUT2D eigenvalue weighted by Crippen LogP contribution is 2.12. The van der Waals surface area contributed by atoms with E-state index in [4.69, 9.17) is 9.47 Å². The molecule has 0 radical (unpaired) electrons. The summed E-state index contributed by atoms with van der Waals surface area (Å²) in [6, 6.07) is 0. The van der Waals surface area contributed by atoms with Gasteiger partial charge < -0.3 is 14.6 Å². The third kappa shape index (κ3) is 17.8. The molecular formula is C22H40O5. The first kappa shape index (κ1) is 25.6. The van der Waals surface area contributed by atoms with Crippen LogP contribution in [-0.2, 0) is 19.1 Å². The summed E-state index contributed by atoms with van der Waals surface area (Å²) in [6.07, 6.45) is 14.3. The minimum Gasteiger partial charge on any atom is -0.463 e. The number of esters is 2. The molecule has 0 heterocycles. The molecule has 0 bridgehead atoms. The molecule has 0 aromatic carbocycles. The molecule has 27 heavy (non-hydrogen) atoms. The number of aliphatic hydroxyl groups is 1. The number of unbranched alkanes of at least 4 members (excludes halogenated alkanes) is 11. The number of carbonyl (C=O) groups excluding carboxylic acids is 2. The molecule has 0 aliphatic carbocycles. The molecule has 0 saturated heterocycles. The summed E-state index contributed by atoms with van der Waals surface area (Å²) in [5, 5.41) is 9.62. The van der Waals surface area contributed by atoms with Crippen LogP contribution in [0.5, 0.6) is 0 Å². The highest BCUT2D eigenvalue weighted by molar-refractivity contribution is 5.86. The first-order valence-electron chi connectivity index (χ1n) is 10.6. The van der Waals surface area contributed by atoms with Crippen LogP contribution in [0, 0.1) is 0 Å². The van der Waals surface area contributed by atoms with Gasteiger partial charge in [0.2, 0.25) is 0 Å². The number of rotatable bonds is 18. The third-order valence-electron chi connectivity index (χ3n) is 4.43. The molecule has 0 aromatic rings. The summed E-state index contributed by atoms with van der Waals surface area (Å²) in [7, 11) is 0. The van der Waals surface area contributed by atoms with Crippen LogP contribution in [0.15, 0.2) is 12.2 Å². The van der Waals surface area contributed by atoms with Crippen LogP contribution in [0.3, 0.4) is 0 Å². The van der Waals surface area contributed by atoms with Crippen molar-refractivity contribution in [3.63, 3.8) is 0 Å². The van der Waals surface area contributed by atoms with Crippen LogP contribution >= 0.6 is 0 Å². The van der Waals surface area contributed by atoms with Crippen LogP contribution in [-0.4, -0.2) is 36.4 Å². The van der Waals surface area contributed by atoms with Crippen molar-refractivity contribution in [3.05, 3.63) is 12.2 Å². The molecular weight excluding hydrogens is 344 g/mol. The molecule has 5 heteroatoms. The van der Waals surface area contributed by atoms with Crippen molar-refractivity contribution in [2.24, 2.45) is 0 Å². The van der Waals surface area contributed by atoms with Crippen LogP contribution in [0.1, 0.15) is 97.3 Å². The summed E-state index contributed by atoms with van der Waals surface area (Å²) in [4.78, 5) is 22.8. The van der Waals surface area contributed by atoms with Crippen molar-refractivity contribution in [2.75, 3.05) is 13.2 Å². The molecule has 158 valence electrons. The van der Waals surface area contributed by atoms with Crippen molar-refractivity contribution >= 4 is 11.9 Å². The molecule has 1 unspecified atom stereocenters. The van der Waals surface area contributed by atoms with E-state index >= 15 is 0 Å². The van der Waals surface area contributed by atoms with E-state index in [9.17, 15) is 14.7 Å². The minimum absolute atomic E-state index is 0.152. The Hall–Kier alpha value is -1.36. The van der Waals surface area contributed by atoms with Crippen molar-refractivity contribution in [3.8, 4) is 0 Å². The quantitative estimate of drug-likeness (QED) is 0.202. The van der Waals surface area contributed by atoms with Gasteiger partial charge in [-0.25, -0.2) is 4.79 Å². The van der Waals surface area contributed by atoms with Crippen LogP contribution in [0.2, 0.25) is 0 Å². The molecule has 0 rings (SSSR count). The Balaban J connectivity index is 3.39. The van der Waals surface area contributed by atoms with Gasteiger partial charge in [0.15, 0.2) is 0 Å². The normalized spacial score (nSPS) is 11.8. The fraction of sp³-hybridized carbons (Fsp3) is 0.818. The lowest BCUT2D eigenvalue weighted by Gasteiger charge is -2.12. The lowest BCUT2D eigenvalue weighted by Crippen LogP contribution is -2.25.